The normalized spacial score (nSPS) is 14.2. The third kappa shape index (κ3) is 2.85. The molecule has 3 rings (SSSR count). The average Bonchev–Trinajstić information content (AvgIpc) is 2.78. The lowest BCUT2D eigenvalue weighted by molar-refractivity contribution is 0.0998. The quantitative estimate of drug-likeness (QED) is 0.665. The summed E-state index contributed by atoms with van der Waals surface area (Å²) in [5.41, 5.74) is 3.32. The molecule has 2 aromatic rings. The first-order valence-electron chi connectivity index (χ1n) is 6.46. The van der Waals surface area contributed by atoms with Crippen molar-refractivity contribution in [3.63, 3.8) is 0 Å². The number of para-hydroxylation sites is 1. The fraction of sp³-hybridized carbons (Fsp3) is 0.267. The predicted octanol–water partition coefficient (Wildman–Crippen LogP) is 4.91. The molecule has 5 heteroatoms. The highest BCUT2D eigenvalue weighted by molar-refractivity contribution is 9.12. The van der Waals surface area contributed by atoms with Gasteiger partial charge >= 0.3 is 0 Å². The van der Waals surface area contributed by atoms with Crippen molar-refractivity contribution >= 4 is 54.7 Å². The van der Waals surface area contributed by atoms with E-state index in [0.29, 0.717) is 6.54 Å². The van der Waals surface area contributed by atoms with Gasteiger partial charge in [-0.3, -0.25) is 4.79 Å². The molecule has 2 nitrogen and oxygen atoms in total. The number of ketones is 1. The number of halogens is 2. The van der Waals surface area contributed by atoms with Gasteiger partial charge in [0.2, 0.25) is 0 Å². The van der Waals surface area contributed by atoms with Gasteiger partial charge in [-0.25, -0.2) is 0 Å². The Morgan fingerprint density at radius 3 is 2.85 bits per heavy atom. The summed E-state index contributed by atoms with van der Waals surface area (Å²) in [7, 11) is 0. The molecule has 20 heavy (non-hydrogen) atoms. The van der Waals surface area contributed by atoms with Crippen LogP contribution >= 0.6 is 43.2 Å². The smallest absolute Gasteiger partial charge is 0.184 e. The van der Waals surface area contributed by atoms with Crippen molar-refractivity contribution < 1.29 is 4.79 Å². The molecular weight excluding hydrogens is 402 g/mol. The summed E-state index contributed by atoms with van der Waals surface area (Å²) in [4.78, 5) is 14.7. The number of hydrogen-bond donors (Lipinski definition) is 0. The fourth-order valence-corrected chi connectivity index (χ4v) is 5.42. The van der Waals surface area contributed by atoms with Crippen molar-refractivity contribution in [1.82, 2.24) is 0 Å². The van der Waals surface area contributed by atoms with Crippen molar-refractivity contribution in [2.24, 2.45) is 0 Å². The Morgan fingerprint density at radius 1 is 1.30 bits per heavy atom. The third-order valence-electron chi connectivity index (χ3n) is 3.50. The van der Waals surface area contributed by atoms with Crippen LogP contribution in [0.5, 0.6) is 0 Å². The number of benzene rings is 1. The Kier molecular flexibility index (Phi) is 4.29. The van der Waals surface area contributed by atoms with E-state index in [4.69, 9.17) is 0 Å². The summed E-state index contributed by atoms with van der Waals surface area (Å²) in [6, 6.07) is 10.3. The molecule has 0 unspecified atom stereocenters. The van der Waals surface area contributed by atoms with Crippen LogP contribution in [0, 0.1) is 0 Å². The summed E-state index contributed by atoms with van der Waals surface area (Å²) >= 11 is 8.43. The van der Waals surface area contributed by atoms with Crippen LogP contribution in [0.2, 0.25) is 0 Å². The molecule has 0 bridgehead atoms. The molecule has 0 saturated heterocycles. The maximum Gasteiger partial charge on any atom is 0.184 e. The fourth-order valence-electron chi connectivity index (χ4n) is 2.56. The highest BCUT2D eigenvalue weighted by Gasteiger charge is 2.21. The highest BCUT2D eigenvalue weighted by Crippen LogP contribution is 2.33. The molecule has 1 aliphatic heterocycles. The number of Topliss-reactive ketones (excluding diaryl/α,β-unsaturated/α-hetero) is 1. The van der Waals surface area contributed by atoms with E-state index in [1.54, 1.807) is 0 Å². The first-order chi connectivity index (χ1) is 9.65. The Bertz CT molecular complexity index is 653. The minimum absolute atomic E-state index is 0.163. The van der Waals surface area contributed by atoms with Crippen LogP contribution in [-0.4, -0.2) is 18.9 Å². The number of anilines is 1. The van der Waals surface area contributed by atoms with E-state index in [1.807, 2.05) is 12.1 Å². The second kappa shape index (κ2) is 6.00. The van der Waals surface area contributed by atoms with Gasteiger partial charge in [0.15, 0.2) is 5.78 Å². The zero-order chi connectivity index (χ0) is 14.1. The van der Waals surface area contributed by atoms with E-state index in [-0.39, 0.29) is 5.78 Å². The van der Waals surface area contributed by atoms with Gasteiger partial charge in [-0.1, -0.05) is 18.2 Å². The summed E-state index contributed by atoms with van der Waals surface area (Å²) in [6.45, 7) is 1.39. The first kappa shape index (κ1) is 14.3. The largest absolute Gasteiger partial charge is 0.364 e. The number of carbonyl (C=O) groups is 1. The third-order valence-corrected chi connectivity index (χ3v) is 5.84. The number of aryl methyl sites for hydroxylation is 1. The van der Waals surface area contributed by atoms with E-state index in [1.165, 1.54) is 22.6 Å². The molecule has 0 fully saturated rings. The summed E-state index contributed by atoms with van der Waals surface area (Å²) in [6.07, 6.45) is 2.22. The number of nitrogens with zero attached hydrogens (tertiary/aromatic N) is 1. The van der Waals surface area contributed by atoms with Gasteiger partial charge in [0.05, 0.1) is 14.1 Å². The SMILES string of the molecule is O=C(CN1CCCc2ccccc21)c1cc(Br)sc1Br. The van der Waals surface area contributed by atoms with Crippen LogP contribution < -0.4 is 4.90 Å². The summed E-state index contributed by atoms with van der Waals surface area (Å²) < 4.78 is 1.88. The van der Waals surface area contributed by atoms with Crippen LogP contribution in [0.25, 0.3) is 0 Å². The second-order valence-electron chi connectivity index (χ2n) is 4.81. The lowest BCUT2D eigenvalue weighted by Gasteiger charge is -2.30. The van der Waals surface area contributed by atoms with Crippen molar-refractivity contribution in [3.8, 4) is 0 Å². The van der Waals surface area contributed by atoms with Crippen molar-refractivity contribution in [2.75, 3.05) is 18.0 Å². The van der Waals surface area contributed by atoms with E-state index in [2.05, 4.69) is 55.0 Å². The first-order valence-corrected chi connectivity index (χ1v) is 8.86. The molecule has 104 valence electrons. The molecule has 0 saturated carbocycles. The Labute approximate surface area is 139 Å². The number of hydrogen-bond acceptors (Lipinski definition) is 3. The molecule has 0 spiro atoms. The van der Waals surface area contributed by atoms with E-state index in [9.17, 15) is 4.79 Å². The predicted molar refractivity (Wildman–Crippen MR) is 91.0 cm³/mol. The maximum absolute atomic E-state index is 12.5. The standard InChI is InChI=1S/C15H13Br2NOS/c16-14-8-11(15(17)20-14)13(19)9-18-7-3-5-10-4-1-2-6-12(10)18/h1-2,4,6,8H,3,5,7,9H2. The lowest BCUT2D eigenvalue weighted by atomic mass is 10.0. The van der Waals surface area contributed by atoms with E-state index < -0.39 is 0 Å². The molecule has 1 aromatic carbocycles. The molecule has 0 amide bonds. The average molecular weight is 415 g/mol. The van der Waals surface area contributed by atoms with Crippen molar-refractivity contribution in [1.29, 1.82) is 0 Å². The Hall–Kier alpha value is -0.650. The van der Waals surface area contributed by atoms with Gasteiger partial charge in [-0.2, -0.15) is 0 Å². The Morgan fingerprint density at radius 2 is 2.10 bits per heavy atom. The summed E-state index contributed by atoms with van der Waals surface area (Å²) in [5, 5.41) is 0. The maximum atomic E-state index is 12.5. The van der Waals surface area contributed by atoms with Crippen LogP contribution in [0.3, 0.4) is 0 Å². The topological polar surface area (TPSA) is 20.3 Å². The molecule has 1 aliphatic rings. The van der Waals surface area contributed by atoms with Crippen LogP contribution in [0.4, 0.5) is 5.69 Å². The second-order valence-corrected chi connectivity index (χ2v) is 8.56. The van der Waals surface area contributed by atoms with Gasteiger partial charge in [0.25, 0.3) is 0 Å². The summed E-state index contributed by atoms with van der Waals surface area (Å²) in [5.74, 6) is 0.163. The van der Waals surface area contributed by atoms with Gasteiger partial charge in [0, 0.05) is 17.8 Å². The Balaban J connectivity index is 1.82. The highest BCUT2D eigenvalue weighted by atomic mass is 79.9. The number of fused-ring (bicyclic) bond motifs is 1. The number of carbonyl (C=O) groups excluding carboxylic acids is 1. The molecule has 0 radical (unpaired) electrons. The number of thiophene rings is 1. The minimum atomic E-state index is 0.163. The molecular formula is C15H13Br2NOS. The van der Waals surface area contributed by atoms with Gasteiger partial charge in [-0.15, -0.1) is 11.3 Å². The van der Waals surface area contributed by atoms with Crippen LogP contribution in [0.1, 0.15) is 22.3 Å². The minimum Gasteiger partial charge on any atom is -0.364 e. The molecule has 0 atom stereocenters. The van der Waals surface area contributed by atoms with Crippen molar-refractivity contribution in [3.05, 3.63) is 49.0 Å². The molecule has 1 aromatic heterocycles. The zero-order valence-electron chi connectivity index (χ0n) is 10.7. The molecule has 0 aliphatic carbocycles. The number of rotatable bonds is 3. The van der Waals surface area contributed by atoms with E-state index >= 15 is 0 Å². The van der Waals surface area contributed by atoms with Gasteiger partial charge in [-0.05, 0) is 62.4 Å². The molecule has 0 N–H and O–H groups in total. The molecule has 2 heterocycles. The van der Waals surface area contributed by atoms with Gasteiger partial charge < -0.3 is 4.90 Å². The van der Waals surface area contributed by atoms with Crippen LogP contribution in [-0.2, 0) is 6.42 Å². The van der Waals surface area contributed by atoms with Crippen LogP contribution in [0.15, 0.2) is 37.9 Å². The van der Waals surface area contributed by atoms with Gasteiger partial charge in [0.1, 0.15) is 0 Å². The zero-order valence-corrected chi connectivity index (χ0v) is 14.7. The van der Waals surface area contributed by atoms with E-state index in [0.717, 1.165) is 32.5 Å². The monoisotopic (exact) mass is 413 g/mol. The lowest BCUT2D eigenvalue weighted by Crippen LogP contribution is -2.34. The van der Waals surface area contributed by atoms with Crippen molar-refractivity contribution in [2.45, 2.75) is 12.8 Å².